The monoisotopic (exact) mass is 561 g/mol. The van der Waals surface area contributed by atoms with Crippen LogP contribution < -0.4 is 10.1 Å². The van der Waals surface area contributed by atoms with E-state index in [1.54, 1.807) is 4.68 Å². The molecule has 1 unspecified atom stereocenters. The van der Waals surface area contributed by atoms with Crippen LogP contribution in [0.15, 0.2) is 71.0 Å². The van der Waals surface area contributed by atoms with Crippen molar-refractivity contribution in [3.05, 3.63) is 77.0 Å². The van der Waals surface area contributed by atoms with Crippen molar-refractivity contribution in [2.45, 2.75) is 63.1 Å². The molecule has 2 aliphatic rings. The lowest BCUT2D eigenvalue weighted by atomic mass is 9.95. The zero-order valence-corrected chi connectivity index (χ0v) is 23.9. The molecule has 0 saturated carbocycles. The first-order valence-electron chi connectivity index (χ1n) is 13.7. The highest BCUT2D eigenvalue weighted by molar-refractivity contribution is 7.98. The molecule has 9 nitrogen and oxygen atoms in total. The van der Waals surface area contributed by atoms with Crippen molar-refractivity contribution < 1.29 is 19.1 Å². The molecule has 1 saturated heterocycles. The molecule has 1 atom stereocenters. The fourth-order valence-corrected chi connectivity index (χ4v) is 5.68. The van der Waals surface area contributed by atoms with Crippen LogP contribution in [-0.4, -0.2) is 57.3 Å². The van der Waals surface area contributed by atoms with Crippen LogP contribution in [0.5, 0.6) is 5.75 Å². The number of carbonyl (C=O) groups is 2. The number of amides is 1. The van der Waals surface area contributed by atoms with Crippen molar-refractivity contribution in [2.75, 3.05) is 25.0 Å². The molecule has 0 spiro atoms. The second kappa shape index (κ2) is 12.6. The van der Waals surface area contributed by atoms with Gasteiger partial charge in [-0.3, -0.25) is 4.79 Å². The van der Waals surface area contributed by atoms with Crippen LogP contribution >= 0.6 is 11.8 Å². The smallest absolute Gasteiger partial charge is 0.338 e. The SMILES string of the molecule is CC1=C(C(=O)OC(C)C)C(c2ccc(OCC(=O)N3CCCCC3)cc2)n2nc(SCc3ccccc3)nc2N1. The summed E-state index contributed by atoms with van der Waals surface area (Å²) in [6.45, 7) is 7.11. The number of likely N-dealkylation sites (tertiary alicyclic amines) is 1. The number of nitrogens with one attached hydrogen (secondary N) is 1. The molecule has 2 aliphatic heterocycles. The van der Waals surface area contributed by atoms with Crippen LogP contribution in [0.1, 0.15) is 57.2 Å². The lowest BCUT2D eigenvalue weighted by molar-refractivity contribution is -0.143. The van der Waals surface area contributed by atoms with Gasteiger partial charge in [0.05, 0.1) is 11.7 Å². The van der Waals surface area contributed by atoms with Gasteiger partial charge in [0.15, 0.2) is 6.61 Å². The Morgan fingerprint density at radius 2 is 1.77 bits per heavy atom. The van der Waals surface area contributed by atoms with E-state index in [1.165, 1.54) is 23.7 Å². The number of fused-ring (bicyclic) bond motifs is 1. The quantitative estimate of drug-likeness (QED) is 0.281. The number of hydrogen-bond donors (Lipinski definition) is 1. The number of anilines is 1. The number of piperidine rings is 1. The predicted molar refractivity (Wildman–Crippen MR) is 154 cm³/mol. The first-order chi connectivity index (χ1) is 19.4. The van der Waals surface area contributed by atoms with Crippen LogP contribution in [0.3, 0.4) is 0 Å². The molecule has 1 amide bonds. The molecule has 0 aliphatic carbocycles. The molecular formula is C30H35N5O4S. The average molecular weight is 562 g/mol. The van der Waals surface area contributed by atoms with Gasteiger partial charge in [0.25, 0.3) is 5.91 Å². The number of thioether (sulfide) groups is 1. The van der Waals surface area contributed by atoms with Crippen molar-refractivity contribution in [3.63, 3.8) is 0 Å². The van der Waals surface area contributed by atoms with Crippen LogP contribution in [0, 0.1) is 0 Å². The maximum atomic E-state index is 13.3. The number of carbonyl (C=O) groups excluding carboxylic acids is 2. The first-order valence-corrected chi connectivity index (χ1v) is 14.7. The summed E-state index contributed by atoms with van der Waals surface area (Å²) in [5.74, 6) is 1.48. The Morgan fingerprint density at radius 3 is 2.48 bits per heavy atom. The van der Waals surface area contributed by atoms with E-state index in [1.807, 2.05) is 68.1 Å². The fraction of sp³-hybridized carbons (Fsp3) is 0.400. The first kappa shape index (κ1) is 27.8. The molecule has 1 aromatic heterocycles. The number of rotatable bonds is 9. The number of benzene rings is 2. The molecule has 0 bridgehead atoms. The summed E-state index contributed by atoms with van der Waals surface area (Å²) in [6, 6.07) is 17.1. The molecule has 2 aromatic carbocycles. The van der Waals surface area contributed by atoms with E-state index in [2.05, 4.69) is 17.4 Å². The average Bonchev–Trinajstić information content (AvgIpc) is 3.37. The maximum absolute atomic E-state index is 13.3. The topological polar surface area (TPSA) is 98.6 Å². The van der Waals surface area contributed by atoms with Crippen molar-refractivity contribution in [1.29, 1.82) is 0 Å². The van der Waals surface area contributed by atoms with Crippen LogP contribution in [0.4, 0.5) is 5.95 Å². The van der Waals surface area contributed by atoms with Crippen LogP contribution in [0.25, 0.3) is 0 Å². The van der Waals surface area contributed by atoms with E-state index in [0.717, 1.165) is 37.2 Å². The zero-order valence-electron chi connectivity index (χ0n) is 23.1. The van der Waals surface area contributed by atoms with E-state index in [-0.39, 0.29) is 18.6 Å². The minimum absolute atomic E-state index is 0.00666. The molecule has 210 valence electrons. The summed E-state index contributed by atoms with van der Waals surface area (Å²) in [6.07, 6.45) is 2.99. The number of esters is 1. The van der Waals surface area contributed by atoms with Gasteiger partial charge in [-0.15, -0.1) is 5.10 Å². The standard InChI is InChI=1S/C30H35N5O4S/c1-20(2)39-28(37)26-21(3)31-29-32-30(40-19-22-10-6-4-7-11-22)33-35(29)27(26)23-12-14-24(15-13-23)38-18-25(36)34-16-8-5-9-17-34/h4,6-7,10-15,20,27H,5,8-9,16-19H2,1-3H3,(H,31,32,33). The highest BCUT2D eigenvalue weighted by Crippen LogP contribution is 2.37. The highest BCUT2D eigenvalue weighted by atomic mass is 32.2. The molecular weight excluding hydrogens is 526 g/mol. The Morgan fingerprint density at radius 1 is 1.05 bits per heavy atom. The lowest BCUT2D eigenvalue weighted by Crippen LogP contribution is -2.38. The van der Waals surface area contributed by atoms with Gasteiger partial charge >= 0.3 is 5.97 Å². The van der Waals surface area contributed by atoms with E-state index in [0.29, 0.717) is 28.1 Å². The summed E-state index contributed by atoms with van der Waals surface area (Å²) < 4.78 is 13.2. The molecule has 3 aromatic rings. The fourth-order valence-electron chi connectivity index (χ4n) is 4.89. The number of aromatic nitrogens is 3. The Bertz CT molecular complexity index is 1360. The molecule has 0 radical (unpaired) electrons. The third-order valence-corrected chi connectivity index (χ3v) is 7.78. The molecule has 3 heterocycles. The van der Waals surface area contributed by atoms with E-state index in [4.69, 9.17) is 19.6 Å². The Kier molecular flexibility index (Phi) is 8.74. The van der Waals surface area contributed by atoms with Gasteiger partial charge in [-0.25, -0.2) is 9.48 Å². The Balaban J connectivity index is 1.37. The largest absolute Gasteiger partial charge is 0.484 e. The molecule has 1 N–H and O–H groups in total. The normalized spacial score (nSPS) is 16.9. The van der Waals surface area contributed by atoms with Gasteiger partial charge in [-0.2, -0.15) is 4.98 Å². The van der Waals surface area contributed by atoms with Gasteiger partial charge in [0.1, 0.15) is 11.8 Å². The zero-order chi connectivity index (χ0) is 28.1. The van der Waals surface area contributed by atoms with Crippen LogP contribution in [-0.2, 0) is 20.1 Å². The van der Waals surface area contributed by atoms with E-state index >= 15 is 0 Å². The lowest BCUT2D eigenvalue weighted by Gasteiger charge is -2.28. The summed E-state index contributed by atoms with van der Waals surface area (Å²) in [5, 5.41) is 8.64. The molecule has 10 heteroatoms. The van der Waals surface area contributed by atoms with Crippen molar-refractivity contribution in [3.8, 4) is 5.75 Å². The Labute approximate surface area is 238 Å². The number of ether oxygens (including phenoxy) is 2. The van der Waals surface area contributed by atoms with Crippen molar-refractivity contribution >= 4 is 29.6 Å². The second-order valence-electron chi connectivity index (χ2n) is 10.3. The summed E-state index contributed by atoms with van der Waals surface area (Å²) in [5.41, 5.74) is 3.15. The third kappa shape index (κ3) is 6.50. The summed E-state index contributed by atoms with van der Waals surface area (Å²) >= 11 is 1.54. The van der Waals surface area contributed by atoms with Crippen molar-refractivity contribution in [1.82, 2.24) is 19.7 Å². The minimum atomic E-state index is -0.537. The molecule has 5 rings (SSSR count). The van der Waals surface area contributed by atoms with E-state index in [9.17, 15) is 9.59 Å². The van der Waals surface area contributed by atoms with Gasteiger partial charge in [-0.1, -0.05) is 54.2 Å². The maximum Gasteiger partial charge on any atom is 0.338 e. The van der Waals surface area contributed by atoms with Gasteiger partial charge in [0, 0.05) is 24.5 Å². The second-order valence-corrected chi connectivity index (χ2v) is 11.2. The van der Waals surface area contributed by atoms with Crippen molar-refractivity contribution in [2.24, 2.45) is 0 Å². The van der Waals surface area contributed by atoms with E-state index < -0.39 is 12.0 Å². The molecule has 40 heavy (non-hydrogen) atoms. The summed E-state index contributed by atoms with van der Waals surface area (Å²) in [4.78, 5) is 32.4. The Hall–Kier alpha value is -3.79. The minimum Gasteiger partial charge on any atom is -0.484 e. The third-order valence-electron chi connectivity index (χ3n) is 6.87. The van der Waals surface area contributed by atoms with Gasteiger partial charge in [-0.05, 0) is 63.3 Å². The predicted octanol–water partition coefficient (Wildman–Crippen LogP) is 5.20. The van der Waals surface area contributed by atoms with Gasteiger partial charge in [0.2, 0.25) is 11.1 Å². The number of nitrogens with zero attached hydrogens (tertiary/aromatic N) is 4. The van der Waals surface area contributed by atoms with Crippen LogP contribution in [0.2, 0.25) is 0 Å². The highest BCUT2D eigenvalue weighted by Gasteiger charge is 2.35. The number of allylic oxidation sites excluding steroid dienone is 1. The summed E-state index contributed by atoms with van der Waals surface area (Å²) in [7, 11) is 0. The number of hydrogen-bond acceptors (Lipinski definition) is 8. The van der Waals surface area contributed by atoms with Gasteiger partial charge < -0.3 is 19.7 Å². The molecule has 1 fully saturated rings.